The van der Waals surface area contributed by atoms with Gasteiger partial charge in [0.2, 0.25) is 5.12 Å². The molecule has 0 aromatic carbocycles. The van der Waals surface area contributed by atoms with Gasteiger partial charge in [-0.25, -0.2) is 0 Å². The van der Waals surface area contributed by atoms with Gasteiger partial charge in [0.15, 0.2) is 0 Å². The Balaban J connectivity index is 4.43. The van der Waals surface area contributed by atoms with Crippen LogP contribution >= 0.6 is 11.8 Å². The Kier molecular flexibility index (Phi) is 4.64. The predicted molar refractivity (Wildman–Crippen MR) is 47.1 cm³/mol. The summed E-state index contributed by atoms with van der Waals surface area (Å²) < 4.78 is 0. The lowest BCUT2D eigenvalue weighted by Crippen LogP contribution is -1.95. The molecule has 0 bridgehead atoms. The minimum atomic E-state index is -0.152. The normalized spacial score (nSPS) is 11.4. The number of carbonyl (C=O) groups excluding carboxylic acids is 1. The fourth-order valence-electron chi connectivity index (χ4n) is 0.594. The standard InChI is InChI=1S/C8H11NOS/c1-6(2)4-7(5-9)8(10)11-3/h4,6H,1-3H3/b7-4+. The van der Waals surface area contributed by atoms with Gasteiger partial charge in [-0.2, -0.15) is 5.26 Å². The molecule has 11 heavy (non-hydrogen) atoms. The van der Waals surface area contributed by atoms with Crippen LogP contribution in [0.2, 0.25) is 0 Å². The first kappa shape index (κ1) is 10.2. The molecule has 0 fully saturated rings. The third-order valence-corrected chi connectivity index (χ3v) is 1.62. The van der Waals surface area contributed by atoms with Crippen molar-refractivity contribution < 1.29 is 4.79 Å². The summed E-state index contributed by atoms with van der Waals surface area (Å²) >= 11 is 1.07. The number of thioether (sulfide) groups is 1. The van der Waals surface area contributed by atoms with Gasteiger partial charge in [-0.1, -0.05) is 31.7 Å². The number of nitriles is 1. The van der Waals surface area contributed by atoms with Crippen molar-refractivity contribution in [1.82, 2.24) is 0 Å². The van der Waals surface area contributed by atoms with Crippen molar-refractivity contribution >= 4 is 16.9 Å². The molecule has 0 amide bonds. The van der Waals surface area contributed by atoms with E-state index >= 15 is 0 Å². The predicted octanol–water partition coefficient (Wildman–Crippen LogP) is 1.98. The average molecular weight is 169 g/mol. The molecule has 0 aromatic rings. The first-order valence-corrected chi connectivity index (χ1v) is 4.54. The van der Waals surface area contributed by atoms with Gasteiger partial charge in [-0.3, -0.25) is 4.79 Å². The van der Waals surface area contributed by atoms with Crippen LogP contribution in [0.1, 0.15) is 13.8 Å². The van der Waals surface area contributed by atoms with Gasteiger partial charge in [-0.15, -0.1) is 0 Å². The summed E-state index contributed by atoms with van der Waals surface area (Å²) in [5.74, 6) is 0.251. The minimum Gasteiger partial charge on any atom is -0.281 e. The molecule has 0 radical (unpaired) electrons. The van der Waals surface area contributed by atoms with E-state index in [0.29, 0.717) is 0 Å². The quantitative estimate of drug-likeness (QED) is 0.469. The Morgan fingerprint density at radius 2 is 2.18 bits per heavy atom. The largest absolute Gasteiger partial charge is 0.281 e. The summed E-state index contributed by atoms with van der Waals surface area (Å²) in [5.41, 5.74) is 0.257. The van der Waals surface area contributed by atoms with E-state index in [1.165, 1.54) is 0 Å². The maximum Gasteiger partial charge on any atom is 0.229 e. The van der Waals surface area contributed by atoms with E-state index in [1.54, 1.807) is 12.3 Å². The first-order chi connectivity index (χ1) is 5.11. The molecule has 0 atom stereocenters. The fraction of sp³-hybridized carbons (Fsp3) is 0.500. The number of nitrogens with zero attached hydrogens (tertiary/aromatic N) is 1. The molecule has 0 aromatic heterocycles. The summed E-state index contributed by atoms with van der Waals surface area (Å²) in [7, 11) is 0. The molecule has 0 N–H and O–H groups in total. The SMILES string of the molecule is CSC(=O)/C(C#N)=C/C(C)C. The third kappa shape index (κ3) is 3.84. The smallest absolute Gasteiger partial charge is 0.229 e. The number of rotatable bonds is 2. The highest BCUT2D eigenvalue weighted by atomic mass is 32.2. The molecule has 0 aliphatic rings. The minimum absolute atomic E-state index is 0.152. The number of allylic oxidation sites excluding steroid dienone is 1. The summed E-state index contributed by atoms with van der Waals surface area (Å²) in [6.07, 6.45) is 3.35. The molecule has 0 unspecified atom stereocenters. The van der Waals surface area contributed by atoms with Crippen LogP contribution in [0.25, 0.3) is 0 Å². The van der Waals surface area contributed by atoms with Gasteiger partial charge in [0, 0.05) is 0 Å². The van der Waals surface area contributed by atoms with E-state index < -0.39 is 0 Å². The number of hydrogen-bond donors (Lipinski definition) is 0. The van der Waals surface area contributed by atoms with Gasteiger partial charge in [0.05, 0.1) is 0 Å². The first-order valence-electron chi connectivity index (χ1n) is 3.32. The van der Waals surface area contributed by atoms with Crippen LogP contribution in [0.5, 0.6) is 0 Å². The Labute approximate surface area is 71.3 Å². The fourth-order valence-corrected chi connectivity index (χ4v) is 0.928. The third-order valence-electron chi connectivity index (χ3n) is 1.03. The molecule has 0 saturated heterocycles. The molecule has 0 saturated carbocycles. The molecule has 3 heteroatoms. The maximum atomic E-state index is 11.0. The van der Waals surface area contributed by atoms with Crippen molar-refractivity contribution in [1.29, 1.82) is 5.26 Å². The highest BCUT2D eigenvalue weighted by Gasteiger charge is 2.06. The Morgan fingerprint density at radius 1 is 1.64 bits per heavy atom. The monoisotopic (exact) mass is 169 g/mol. The van der Waals surface area contributed by atoms with Crippen molar-refractivity contribution in [2.75, 3.05) is 6.26 Å². The van der Waals surface area contributed by atoms with Crippen molar-refractivity contribution in [2.24, 2.45) is 5.92 Å². The van der Waals surface area contributed by atoms with Crippen LogP contribution in [0.4, 0.5) is 0 Å². The molecule has 0 rings (SSSR count). The van der Waals surface area contributed by atoms with E-state index in [-0.39, 0.29) is 16.6 Å². The van der Waals surface area contributed by atoms with E-state index in [1.807, 2.05) is 19.9 Å². The van der Waals surface area contributed by atoms with E-state index in [2.05, 4.69) is 0 Å². The van der Waals surface area contributed by atoms with Gasteiger partial charge in [-0.05, 0) is 12.2 Å². The molecule has 0 heterocycles. The molecule has 60 valence electrons. The average Bonchev–Trinajstić information content (AvgIpc) is 1.98. The van der Waals surface area contributed by atoms with Gasteiger partial charge in [0.1, 0.15) is 11.6 Å². The summed E-state index contributed by atoms with van der Waals surface area (Å²) in [6.45, 7) is 3.87. The second-order valence-electron chi connectivity index (χ2n) is 2.43. The van der Waals surface area contributed by atoms with Crippen LogP contribution in [0.15, 0.2) is 11.6 Å². The topological polar surface area (TPSA) is 40.9 Å². The Hall–Kier alpha value is -0.750. The van der Waals surface area contributed by atoms with Crippen LogP contribution in [0, 0.1) is 17.2 Å². The zero-order valence-corrected chi connectivity index (χ0v) is 7.73. The molecular formula is C8H11NOS. The molecule has 0 aliphatic carbocycles. The van der Waals surface area contributed by atoms with Crippen molar-refractivity contribution in [2.45, 2.75) is 13.8 Å². The zero-order valence-electron chi connectivity index (χ0n) is 6.92. The summed E-state index contributed by atoms with van der Waals surface area (Å²) in [6, 6.07) is 1.87. The van der Waals surface area contributed by atoms with E-state index in [0.717, 1.165) is 11.8 Å². The number of carbonyl (C=O) groups is 1. The lowest BCUT2D eigenvalue weighted by atomic mass is 10.1. The molecule has 0 spiro atoms. The van der Waals surface area contributed by atoms with E-state index in [9.17, 15) is 4.79 Å². The molecule has 0 aliphatic heterocycles. The van der Waals surface area contributed by atoms with Crippen LogP contribution in [-0.2, 0) is 4.79 Å². The Bertz CT molecular complexity index is 213. The highest BCUT2D eigenvalue weighted by molar-refractivity contribution is 8.13. The number of hydrogen-bond acceptors (Lipinski definition) is 3. The lowest BCUT2D eigenvalue weighted by molar-refractivity contribution is -0.107. The summed E-state index contributed by atoms with van der Waals surface area (Å²) in [5, 5.41) is 8.37. The molecular weight excluding hydrogens is 158 g/mol. The second-order valence-corrected chi connectivity index (χ2v) is 3.21. The molecule has 2 nitrogen and oxygen atoms in total. The van der Waals surface area contributed by atoms with Crippen molar-refractivity contribution in [3.05, 3.63) is 11.6 Å². The van der Waals surface area contributed by atoms with Gasteiger partial charge >= 0.3 is 0 Å². The zero-order chi connectivity index (χ0) is 8.85. The van der Waals surface area contributed by atoms with Gasteiger partial charge in [0.25, 0.3) is 0 Å². The summed E-state index contributed by atoms with van der Waals surface area (Å²) in [4.78, 5) is 11.0. The van der Waals surface area contributed by atoms with Gasteiger partial charge < -0.3 is 0 Å². The van der Waals surface area contributed by atoms with Crippen LogP contribution in [0.3, 0.4) is 0 Å². The highest BCUT2D eigenvalue weighted by Crippen LogP contribution is 2.09. The van der Waals surface area contributed by atoms with Crippen LogP contribution in [-0.4, -0.2) is 11.4 Å². The lowest BCUT2D eigenvalue weighted by Gasteiger charge is -1.96. The van der Waals surface area contributed by atoms with Crippen molar-refractivity contribution in [3.63, 3.8) is 0 Å². The second kappa shape index (κ2) is 4.97. The van der Waals surface area contributed by atoms with E-state index in [4.69, 9.17) is 5.26 Å². The van der Waals surface area contributed by atoms with Crippen LogP contribution < -0.4 is 0 Å². The van der Waals surface area contributed by atoms with Crippen molar-refractivity contribution in [3.8, 4) is 6.07 Å². The Morgan fingerprint density at radius 3 is 2.45 bits per heavy atom. The maximum absolute atomic E-state index is 11.0.